The van der Waals surface area contributed by atoms with Gasteiger partial charge in [0.05, 0.1) is 23.5 Å². The second-order valence-electron chi connectivity index (χ2n) is 8.35. The molecule has 34 heavy (non-hydrogen) atoms. The number of para-hydroxylation sites is 1. The van der Waals surface area contributed by atoms with Gasteiger partial charge in [-0.1, -0.05) is 47.5 Å². The number of amides is 1. The Hall–Kier alpha value is -3.28. The Morgan fingerprint density at radius 2 is 1.74 bits per heavy atom. The van der Waals surface area contributed by atoms with E-state index < -0.39 is 0 Å². The first-order valence-electron chi connectivity index (χ1n) is 11.1. The van der Waals surface area contributed by atoms with E-state index >= 15 is 0 Å². The van der Waals surface area contributed by atoms with Crippen LogP contribution in [0.2, 0.25) is 10.0 Å². The van der Waals surface area contributed by atoms with Crippen LogP contribution in [0.4, 0.5) is 0 Å². The molecule has 1 aliphatic rings. The van der Waals surface area contributed by atoms with E-state index in [2.05, 4.69) is 0 Å². The molecule has 5 rings (SSSR count). The fourth-order valence-corrected chi connectivity index (χ4v) is 4.20. The minimum atomic E-state index is -0.0280. The summed E-state index contributed by atoms with van der Waals surface area (Å²) in [6, 6.07) is 24.2. The Bertz CT molecular complexity index is 1320. The lowest BCUT2D eigenvalue weighted by molar-refractivity contribution is 0.0729. The summed E-state index contributed by atoms with van der Waals surface area (Å²) in [4.78, 5) is 15.4. The lowest BCUT2D eigenvalue weighted by Crippen LogP contribution is -2.32. The molecule has 1 aromatic heterocycles. The van der Waals surface area contributed by atoms with Crippen LogP contribution in [0, 0.1) is 6.92 Å². The third-order valence-corrected chi connectivity index (χ3v) is 6.30. The second kappa shape index (κ2) is 9.53. The van der Waals surface area contributed by atoms with Crippen LogP contribution in [0.1, 0.15) is 34.5 Å². The summed E-state index contributed by atoms with van der Waals surface area (Å²) in [5.41, 5.74) is 3.05. The van der Waals surface area contributed by atoms with Crippen molar-refractivity contribution in [1.82, 2.24) is 14.7 Å². The summed E-state index contributed by atoms with van der Waals surface area (Å²) < 4.78 is 8.11. The van der Waals surface area contributed by atoms with E-state index in [1.165, 1.54) is 0 Å². The number of ether oxygens (including phenoxy) is 1. The summed E-state index contributed by atoms with van der Waals surface area (Å²) in [5.74, 6) is 1.23. The molecule has 4 aromatic rings. The van der Waals surface area contributed by atoms with Gasteiger partial charge in [-0.2, -0.15) is 5.10 Å². The number of hydrogen-bond donors (Lipinski definition) is 0. The number of halogens is 2. The largest absolute Gasteiger partial charge is 0.439 e. The number of hydrogen-bond acceptors (Lipinski definition) is 3. The molecule has 1 aliphatic carbocycles. The van der Waals surface area contributed by atoms with Gasteiger partial charge in [-0.25, -0.2) is 4.68 Å². The monoisotopic (exact) mass is 491 g/mol. The number of carbonyl (C=O) groups excluding carboxylic acids is 1. The molecule has 172 valence electrons. The molecular weight excluding hydrogens is 469 g/mol. The average molecular weight is 492 g/mol. The van der Waals surface area contributed by atoms with Crippen LogP contribution in [-0.2, 0) is 6.54 Å². The van der Waals surface area contributed by atoms with Crippen LogP contribution in [-0.4, -0.2) is 26.6 Å². The SMILES string of the molecule is Cc1nn(-c2cccc(Cl)c2)c(Oc2ccccc2)c1CN(C(=O)c1ccc(Cl)cc1)C1CC1. The van der Waals surface area contributed by atoms with E-state index in [-0.39, 0.29) is 11.9 Å². The predicted molar refractivity (Wildman–Crippen MR) is 134 cm³/mol. The van der Waals surface area contributed by atoms with E-state index in [4.69, 9.17) is 33.0 Å². The topological polar surface area (TPSA) is 47.4 Å². The number of aromatic nitrogens is 2. The molecule has 1 fully saturated rings. The predicted octanol–water partition coefficient (Wildman–Crippen LogP) is 7.08. The number of rotatable bonds is 7. The first-order chi connectivity index (χ1) is 16.5. The van der Waals surface area contributed by atoms with Gasteiger partial charge in [0.25, 0.3) is 5.91 Å². The van der Waals surface area contributed by atoms with Gasteiger partial charge in [-0.3, -0.25) is 4.79 Å². The lowest BCUT2D eigenvalue weighted by atomic mass is 10.1. The highest BCUT2D eigenvalue weighted by Crippen LogP contribution is 2.36. The van der Waals surface area contributed by atoms with Crippen LogP contribution in [0.25, 0.3) is 5.69 Å². The zero-order chi connectivity index (χ0) is 23.7. The molecule has 0 spiro atoms. The van der Waals surface area contributed by atoms with Crippen molar-refractivity contribution in [3.05, 3.63) is 106 Å². The molecule has 0 atom stereocenters. The normalized spacial score (nSPS) is 13.0. The maximum atomic E-state index is 13.4. The van der Waals surface area contributed by atoms with Crippen molar-refractivity contribution < 1.29 is 9.53 Å². The molecule has 5 nitrogen and oxygen atoms in total. The van der Waals surface area contributed by atoms with Crippen LogP contribution < -0.4 is 4.74 Å². The zero-order valence-corrected chi connectivity index (χ0v) is 20.1. The maximum Gasteiger partial charge on any atom is 0.254 e. The van der Waals surface area contributed by atoms with Crippen molar-refractivity contribution in [1.29, 1.82) is 0 Å². The van der Waals surface area contributed by atoms with Gasteiger partial charge < -0.3 is 9.64 Å². The first-order valence-corrected chi connectivity index (χ1v) is 11.9. The van der Waals surface area contributed by atoms with Crippen LogP contribution in [0.15, 0.2) is 78.9 Å². The molecule has 0 radical (unpaired) electrons. The minimum Gasteiger partial charge on any atom is -0.439 e. The number of aryl methyl sites for hydroxylation is 1. The minimum absolute atomic E-state index is 0.0280. The van der Waals surface area contributed by atoms with Crippen molar-refractivity contribution in [3.8, 4) is 17.3 Å². The van der Waals surface area contributed by atoms with Gasteiger partial charge in [-0.15, -0.1) is 0 Å². The molecule has 0 saturated heterocycles. The van der Waals surface area contributed by atoms with Gasteiger partial charge in [0, 0.05) is 21.7 Å². The van der Waals surface area contributed by atoms with E-state index in [9.17, 15) is 4.79 Å². The maximum absolute atomic E-state index is 13.4. The molecule has 1 saturated carbocycles. The van der Waals surface area contributed by atoms with E-state index in [1.54, 1.807) is 28.9 Å². The standard InChI is InChI=1S/C27H23Cl2N3O2/c1-18-25(17-31(22-14-15-22)26(33)19-10-12-20(28)13-11-19)27(34-24-8-3-2-4-9-24)32(30-18)23-7-5-6-21(29)16-23/h2-13,16,22H,14-15,17H2,1H3. The highest BCUT2D eigenvalue weighted by atomic mass is 35.5. The van der Waals surface area contributed by atoms with Crippen LogP contribution in [0.3, 0.4) is 0 Å². The van der Waals surface area contributed by atoms with Gasteiger partial charge in [0.2, 0.25) is 5.88 Å². The third kappa shape index (κ3) is 4.81. The van der Waals surface area contributed by atoms with Crippen LogP contribution >= 0.6 is 23.2 Å². The van der Waals surface area contributed by atoms with Gasteiger partial charge in [0.15, 0.2) is 0 Å². The number of benzene rings is 3. The molecule has 0 N–H and O–H groups in total. The third-order valence-electron chi connectivity index (χ3n) is 5.82. The Labute approximate surface area is 208 Å². The Balaban J connectivity index is 1.55. The average Bonchev–Trinajstić information content (AvgIpc) is 3.63. The molecule has 0 unspecified atom stereocenters. The lowest BCUT2D eigenvalue weighted by Gasteiger charge is -2.23. The molecule has 3 aromatic carbocycles. The first kappa shape index (κ1) is 22.5. The van der Waals surface area contributed by atoms with Crippen LogP contribution in [0.5, 0.6) is 11.6 Å². The zero-order valence-electron chi connectivity index (χ0n) is 18.6. The molecule has 0 bridgehead atoms. The second-order valence-corrected chi connectivity index (χ2v) is 9.22. The fourth-order valence-electron chi connectivity index (χ4n) is 3.89. The highest BCUT2D eigenvalue weighted by molar-refractivity contribution is 6.31. The summed E-state index contributed by atoms with van der Waals surface area (Å²) in [7, 11) is 0. The molecular formula is C27H23Cl2N3O2. The molecule has 7 heteroatoms. The van der Waals surface area contributed by atoms with Crippen molar-refractivity contribution >= 4 is 29.1 Å². The van der Waals surface area contributed by atoms with Gasteiger partial charge in [-0.05, 0) is 74.4 Å². The van der Waals surface area contributed by atoms with E-state index in [1.807, 2.05) is 66.4 Å². The van der Waals surface area contributed by atoms with Gasteiger partial charge >= 0.3 is 0 Å². The number of nitrogens with zero attached hydrogens (tertiary/aromatic N) is 3. The Morgan fingerprint density at radius 1 is 1.00 bits per heavy atom. The summed E-state index contributed by atoms with van der Waals surface area (Å²) in [5, 5.41) is 5.98. The smallest absolute Gasteiger partial charge is 0.254 e. The quantitative estimate of drug-likeness (QED) is 0.277. The molecule has 1 amide bonds. The van der Waals surface area contributed by atoms with Crippen molar-refractivity contribution in [3.63, 3.8) is 0 Å². The van der Waals surface area contributed by atoms with E-state index in [0.717, 1.165) is 29.8 Å². The van der Waals surface area contributed by atoms with Crippen molar-refractivity contribution in [2.24, 2.45) is 0 Å². The van der Waals surface area contributed by atoms with Gasteiger partial charge in [0.1, 0.15) is 5.75 Å². The summed E-state index contributed by atoms with van der Waals surface area (Å²) in [6.07, 6.45) is 1.96. The van der Waals surface area contributed by atoms with Crippen molar-refractivity contribution in [2.45, 2.75) is 32.4 Å². The summed E-state index contributed by atoms with van der Waals surface area (Å²) >= 11 is 12.3. The fraction of sp³-hybridized carbons (Fsp3) is 0.185. The summed E-state index contributed by atoms with van der Waals surface area (Å²) in [6.45, 7) is 2.33. The highest BCUT2D eigenvalue weighted by Gasteiger charge is 2.35. The molecule has 0 aliphatic heterocycles. The molecule has 1 heterocycles. The number of carbonyl (C=O) groups is 1. The Morgan fingerprint density at radius 3 is 2.41 bits per heavy atom. The van der Waals surface area contributed by atoms with Crippen molar-refractivity contribution in [2.75, 3.05) is 0 Å². The van der Waals surface area contributed by atoms with E-state index in [0.29, 0.717) is 33.8 Å². The Kier molecular flexibility index (Phi) is 6.31.